The quantitative estimate of drug-likeness (QED) is 0.254. The minimum absolute atomic E-state index is 0.108. The van der Waals surface area contributed by atoms with Crippen LogP contribution in [0.3, 0.4) is 0 Å². The summed E-state index contributed by atoms with van der Waals surface area (Å²) in [7, 11) is -0.390. The second kappa shape index (κ2) is 13.6. The summed E-state index contributed by atoms with van der Waals surface area (Å²) >= 11 is 0. The predicted octanol–water partition coefficient (Wildman–Crippen LogP) is 3.01. The van der Waals surface area contributed by atoms with Crippen molar-refractivity contribution in [2.24, 2.45) is 11.8 Å². The van der Waals surface area contributed by atoms with Gasteiger partial charge in [0.05, 0.1) is 24.1 Å². The molecule has 1 saturated carbocycles. The van der Waals surface area contributed by atoms with Crippen molar-refractivity contribution in [2.45, 2.75) is 64.0 Å². The third-order valence-electron chi connectivity index (χ3n) is 9.32. The number of carbonyl (C=O) groups is 2. The molecule has 0 radical (unpaired) electrons. The number of anilines is 2. The van der Waals surface area contributed by atoms with E-state index >= 15 is 0 Å². The molecule has 2 amide bonds. The summed E-state index contributed by atoms with van der Waals surface area (Å²) in [6.07, 6.45) is 1.15. The Bertz CT molecular complexity index is 1690. The number of aliphatic hydroxyl groups is 1. The van der Waals surface area contributed by atoms with Crippen LogP contribution in [0.15, 0.2) is 72.8 Å². The van der Waals surface area contributed by atoms with Gasteiger partial charge in [-0.1, -0.05) is 67.6 Å². The lowest BCUT2D eigenvalue weighted by Gasteiger charge is -2.31. The largest absolute Gasteiger partial charge is 0.389 e. The Kier molecular flexibility index (Phi) is 9.95. The van der Waals surface area contributed by atoms with Gasteiger partial charge in [0.2, 0.25) is 15.9 Å². The zero-order valence-electron chi connectivity index (χ0n) is 27.9. The number of carbonyl (C=O) groups excluding carboxylic acids is 2. The summed E-state index contributed by atoms with van der Waals surface area (Å²) in [5, 5.41) is 18.1. The third-order valence-corrected chi connectivity index (χ3v) is 10.5. The zero-order chi connectivity index (χ0) is 34.1. The van der Waals surface area contributed by atoms with Gasteiger partial charge in [-0.2, -0.15) is 0 Å². The van der Waals surface area contributed by atoms with Crippen molar-refractivity contribution in [3.05, 3.63) is 89.5 Å². The smallest absolute Gasteiger partial charge is 0.251 e. The molecule has 1 saturated heterocycles. The monoisotopic (exact) mass is 662 g/mol. The Hall–Kier alpha value is -4.00. The maximum absolute atomic E-state index is 14.0. The first-order valence-electron chi connectivity index (χ1n) is 16.0. The Morgan fingerprint density at radius 2 is 1.64 bits per heavy atom. The summed E-state index contributed by atoms with van der Waals surface area (Å²) in [5.74, 6) is 0.893. The van der Waals surface area contributed by atoms with E-state index in [1.807, 2.05) is 86.5 Å². The summed E-state index contributed by atoms with van der Waals surface area (Å²) in [5.41, 5.74) is 1.27. The number of rotatable bonds is 13. The lowest BCUT2D eigenvalue weighted by molar-refractivity contribution is -0.134. The second-order valence-corrected chi connectivity index (χ2v) is 15.5. The Morgan fingerprint density at radius 3 is 2.21 bits per heavy atom. The Labute approximate surface area is 278 Å². The fourth-order valence-corrected chi connectivity index (χ4v) is 6.54. The van der Waals surface area contributed by atoms with Crippen LogP contribution in [0.4, 0.5) is 11.6 Å². The number of nitrogens with zero attached hydrogens (tertiary/aromatic N) is 4. The molecule has 0 spiro atoms. The van der Waals surface area contributed by atoms with Crippen molar-refractivity contribution in [3.8, 4) is 0 Å². The molecule has 2 aliphatic rings. The molecule has 1 aliphatic heterocycles. The van der Waals surface area contributed by atoms with E-state index in [4.69, 9.17) is 0 Å². The summed E-state index contributed by atoms with van der Waals surface area (Å²) in [6, 6.07) is 20.3. The molecule has 11 nitrogen and oxygen atoms in total. The van der Waals surface area contributed by atoms with Crippen LogP contribution in [0.5, 0.6) is 0 Å². The molecule has 5 rings (SSSR count). The van der Waals surface area contributed by atoms with Crippen LogP contribution in [0.25, 0.3) is 0 Å². The number of hydrogen-bond acceptors (Lipinski definition) is 8. The minimum atomic E-state index is -3.66. The highest BCUT2D eigenvalue weighted by Crippen LogP contribution is 2.38. The standard InChI is InChI=1S/C35H46N6O5S/c1-23-17-27(23)22-39(4)29-19-26(20-30(37-29)40(5)47(6,45)46)33(43)36-28(18-24-13-9-7-10-14-24)32(42)31-34(44)41(35(2,3)38-31)21-25-15-11-8-12-16-25/h7-16,19-20,23,27-28,31-32,38,42H,17-18,21-22H2,1-6H3,(H,36,43)/t23-,27+,28?,31?,32?/m0/s1. The van der Waals surface area contributed by atoms with Crippen molar-refractivity contribution in [2.75, 3.05) is 36.1 Å². The van der Waals surface area contributed by atoms with Crippen LogP contribution in [-0.4, -0.2) is 86.0 Å². The molecule has 0 bridgehead atoms. The number of benzene rings is 2. The first kappa shape index (κ1) is 34.3. The van der Waals surface area contributed by atoms with E-state index in [-0.39, 0.29) is 23.7 Å². The highest BCUT2D eigenvalue weighted by atomic mass is 32.2. The molecule has 1 aliphatic carbocycles. The lowest BCUT2D eigenvalue weighted by Crippen LogP contribution is -2.55. The van der Waals surface area contributed by atoms with Gasteiger partial charge in [0.25, 0.3) is 5.91 Å². The fourth-order valence-electron chi connectivity index (χ4n) is 6.10. The molecular weight excluding hydrogens is 616 g/mol. The van der Waals surface area contributed by atoms with E-state index in [0.717, 1.165) is 34.7 Å². The molecular formula is C35H46N6O5S. The number of pyridine rings is 1. The normalized spacial score (nSPS) is 21.6. The summed E-state index contributed by atoms with van der Waals surface area (Å²) < 4.78 is 26.0. The van der Waals surface area contributed by atoms with Crippen LogP contribution in [0, 0.1) is 11.8 Å². The van der Waals surface area contributed by atoms with E-state index in [2.05, 4.69) is 22.5 Å². The van der Waals surface area contributed by atoms with Crippen molar-refractivity contribution >= 4 is 33.5 Å². The average molecular weight is 663 g/mol. The molecule has 252 valence electrons. The maximum atomic E-state index is 14.0. The maximum Gasteiger partial charge on any atom is 0.251 e. The Morgan fingerprint density at radius 1 is 1.06 bits per heavy atom. The van der Waals surface area contributed by atoms with Gasteiger partial charge in [-0.25, -0.2) is 13.4 Å². The van der Waals surface area contributed by atoms with Gasteiger partial charge in [0.1, 0.15) is 17.7 Å². The molecule has 3 N–H and O–H groups in total. The summed E-state index contributed by atoms with van der Waals surface area (Å²) in [4.78, 5) is 36.1. The minimum Gasteiger partial charge on any atom is -0.389 e. The van der Waals surface area contributed by atoms with Gasteiger partial charge in [0.15, 0.2) is 0 Å². The predicted molar refractivity (Wildman–Crippen MR) is 183 cm³/mol. The van der Waals surface area contributed by atoms with Gasteiger partial charge in [-0.05, 0) is 61.8 Å². The van der Waals surface area contributed by atoms with Crippen molar-refractivity contribution < 1.29 is 23.1 Å². The highest BCUT2D eigenvalue weighted by molar-refractivity contribution is 7.92. The van der Waals surface area contributed by atoms with Gasteiger partial charge in [-0.3, -0.25) is 19.2 Å². The van der Waals surface area contributed by atoms with E-state index in [0.29, 0.717) is 24.2 Å². The van der Waals surface area contributed by atoms with Crippen LogP contribution < -0.4 is 19.8 Å². The molecule has 12 heteroatoms. The van der Waals surface area contributed by atoms with Gasteiger partial charge < -0.3 is 20.2 Å². The van der Waals surface area contributed by atoms with Crippen LogP contribution in [0.2, 0.25) is 0 Å². The van der Waals surface area contributed by atoms with E-state index in [1.54, 1.807) is 11.0 Å². The Balaban J connectivity index is 1.44. The molecule has 47 heavy (non-hydrogen) atoms. The molecule has 1 aromatic heterocycles. The SMILES string of the molecule is C[C@H]1C[C@@H]1CN(C)c1cc(C(=O)NC(Cc2ccccc2)C(O)C2NC(C)(C)N(Cc3ccccc3)C2=O)cc(N(C)S(C)(=O)=O)n1. The fraction of sp³-hybridized carbons (Fsp3) is 0.457. The number of aliphatic hydroxyl groups excluding tert-OH is 1. The first-order valence-corrected chi connectivity index (χ1v) is 17.8. The molecule has 3 aromatic rings. The number of hydrogen-bond donors (Lipinski definition) is 3. The van der Waals surface area contributed by atoms with Gasteiger partial charge in [0, 0.05) is 32.7 Å². The zero-order valence-corrected chi connectivity index (χ0v) is 28.7. The van der Waals surface area contributed by atoms with Gasteiger partial charge in [-0.15, -0.1) is 0 Å². The molecule has 2 aromatic carbocycles. The van der Waals surface area contributed by atoms with E-state index in [9.17, 15) is 23.1 Å². The number of amides is 2. The number of aromatic nitrogens is 1. The van der Waals surface area contributed by atoms with Crippen molar-refractivity contribution in [1.82, 2.24) is 20.5 Å². The third kappa shape index (κ3) is 8.11. The number of sulfonamides is 1. The van der Waals surface area contributed by atoms with Gasteiger partial charge >= 0.3 is 0 Å². The van der Waals surface area contributed by atoms with Crippen LogP contribution in [0.1, 0.15) is 48.7 Å². The molecule has 3 unspecified atom stereocenters. The summed E-state index contributed by atoms with van der Waals surface area (Å²) in [6.45, 7) is 7.05. The topological polar surface area (TPSA) is 135 Å². The highest BCUT2D eigenvalue weighted by Gasteiger charge is 2.49. The van der Waals surface area contributed by atoms with Crippen LogP contribution in [-0.2, 0) is 27.8 Å². The average Bonchev–Trinajstić information content (AvgIpc) is 3.68. The van der Waals surface area contributed by atoms with Crippen molar-refractivity contribution in [1.29, 1.82) is 0 Å². The molecule has 5 atom stereocenters. The van der Waals surface area contributed by atoms with Crippen LogP contribution >= 0.6 is 0 Å². The van der Waals surface area contributed by atoms with E-state index < -0.39 is 39.8 Å². The number of nitrogens with one attached hydrogen (secondary N) is 2. The second-order valence-electron chi connectivity index (χ2n) is 13.5. The van der Waals surface area contributed by atoms with E-state index in [1.165, 1.54) is 13.1 Å². The van der Waals surface area contributed by atoms with Crippen molar-refractivity contribution in [3.63, 3.8) is 0 Å². The first-order chi connectivity index (χ1) is 22.1. The lowest BCUT2D eigenvalue weighted by atomic mass is 9.95. The molecule has 2 heterocycles. The molecule has 2 fully saturated rings.